The number of rotatable bonds is 5. The highest BCUT2D eigenvalue weighted by Crippen LogP contribution is 2.46. The zero-order chi connectivity index (χ0) is 30.5. The molecule has 2 aliphatic heterocycles. The number of pyridine rings is 1. The second kappa shape index (κ2) is 10.6. The predicted octanol–water partition coefficient (Wildman–Crippen LogP) is 7.21. The van der Waals surface area contributed by atoms with Crippen LogP contribution in [-0.4, -0.2) is 49.6 Å². The minimum atomic E-state index is -1.01. The number of nitrogens with one attached hydrogen (secondary N) is 2. The first-order valence-corrected chi connectivity index (χ1v) is 15.5. The van der Waals surface area contributed by atoms with Gasteiger partial charge < -0.3 is 20.6 Å². The van der Waals surface area contributed by atoms with E-state index in [1.165, 1.54) is 0 Å². The maximum atomic E-state index is 13.1. The number of aromatic nitrogens is 3. The largest absolute Gasteiger partial charge is 0.465 e. The minimum Gasteiger partial charge on any atom is -0.465 e. The molecule has 1 aliphatic carbocycles. The molecule has 2 amide bonds. The van der Waals surface area contributed by atoms with E-state index in [1.807, 2.05) is 71.6 Å². The summed E-state index contributed by atoms with van der Waals surface area (Å²) in [6.45, 7) is 1.61. The Balaban J connectivity index is 1.31. The summed E-state index contributed by atoms with van der Waals surface area (Å²) in [6.07, 6.45) is 5.39. The zero-order valence-corrected chi connectivity index (χ0v) is 24.7. The van der Waals surface area contributed by atoms with Crippen LogP contribution in [-0.2, 0) is 5.54 Å². The average Bonchev–Trinajstić information content (AvgIpc) is 3.70. The number of carboxylic acid groups (broad SMARTS) is 1. The molecule has 8 rings (SSSR count). The van der Waals surface area contributed by atoms with Gasteiger partial charge in [0.1, 0.15) is 5.82 Å². The van der Waals surface area contributed by atoms with Gasteiger partial charge in [-0.3, -0.25) is 9.36 Å². The molecule has 224 valence electrons. The van der Waals surface area contributed by atoms with Gasteiger partial charge in [-0.15, -0.1) is 0 Å². The van der Waals surface area contributed by atoms with E-state index in [0.29, 0.717) is 5.56 Å². The first-order chi connectivity index (χ1) is 22.0. The van der Waals surface area contributed by atoms with Crippen LogP contribution in [0.1, 0.15) is 48.0 Å². The van der Waals surface area contributed by atoms with E-state index in [4.69, 9.17) is 4.98 Å². The molecule has 4 heterocycles. The Labute approximate surface area is 260 Å². The van der Waals surface area contributed by atoms with Crippen LogP contribution in [0, 0.1) is 0 Å². The molecule has 9 nitrogen and oxygen atoms in total. The van der Waals surface area contributed by atoms with Crippen LogP contribution in [0.15, 0.2) is 91.1 Å². The number of hydrogen-bond donors (Lipinski definition) is 3. The van der Waals surface area contributed by atoms with E-state index in [9.17, 15) is 14.7 Å². The molecule has 1 saturated carbocycles. The Kier molecular flexibility index (Phi) is 6.41. The van der Waals surface area contributed by atoms with Crippen molar-refractivity contribution in [2.24, 2.45) is 0 Å². The number of imidazole rings is 1. The average molecular weight is 597 g/mol. The maximum absolute atomic E-state index is 13.1. The number of fused-ring (bicyclic) bond motifs is 5. The highest BCUT2D eigenvalue weighted by atomic mass is 16.4. The van der Waals surface area contributed by atoms with E-state index < -0.39 is 11.6 Å². The molecule has 3 aromatic carbocycles. The second-order valence-electron chi connectivity index (χ2n) is 12.0. The first-order valence-electron chi connectivity index (χ1n) is 15.5. The van der Waals surface area contributed by atoms with Crippen LogP contribution >= 0.6 is 0 Å². The van der Waals surface area contributed by atoms with Gasteiger partial charge in [0.05, 0.1) is 28.3 Å². The number of amides is 2. The number of carbonyl (C=O) groups excluding carboxylic acids is 1. The number of benzene rings is 3. The Hall–Kier alpha value is -5.44. The molecule has 45 heavy (non-hydrogen) atoms. The van der Waals surface area contributed by atoms with Crippen LogP contribution in [0.2, 0.25) is 0 Å². The fourth-order valence-electron chi connectivity index (χ4n) is 6.93. The molecule has 9 heteroatoms. The molecule has 3 N–H and O–H groups in total. The molecule has 5 aromatic rings. The lowest BCUT2D eigenvalue weighted by Crippen LogP contribution is -2.50. The lowest BCUT2D eigenvalue weighted by atomic mass is 9.71. The summed E-state index contributed by atoms with van der Waals surface area (Å²) in [4.78, 5) is 36.7. The summed E-state index contributed by atoms with van der Waals surface area (Å²) in [5, 5.41) is 15.8. The smallest absolute Gasteiger partial charge is 0.405 e. The van der Waals surface area contributed by atoms with Gasteiger partial charge in [0.25, 0.3) is 5.91 Å². The van der Waals surface area contributed by atoms with Crippen LogP contribution < -0.4 is 10.6 Å². The number of para-hydroxylation sites is 1. The van der Waals surface area contributed by atoms with E-state index in [-0.39, 0.29) is 5.91 Å². The van der Waals surface area contributed by atoms with Crippen LogP contribution in [0.25, 0.3) is 39.6 Å². The van der Waals surface area contributed by atoms with Crippen molar-refractivity contribution >= 4 is 23.5 Å². The fourth-order valence-corrected chi connectivity index (χ4v) is 6.93. The number of anilines is 2. The molecule has 2 aromatic heterocycles. The van der Waals surface area contributed by atoms with Crippen molar-refractivity contribution < 1.29 is 14.7 Å². The van der Waals surface area contributed by atoms with Crippen LogP contribution in [0.5, 0.6) is 0 Å². The Morgan fingerprint density at radius 2 is 1.58 bits per heavy atom. The highest BCUT2D eigenvalue weighted by molar-refractivity contribution is 5.96. The summed E-state index contributed by atoms with van der Waals surface area (Å²) in [7, 11) is 0. The summed E-state index contributed by atoms with van der Waals surface area (Å²) in [6, 6.07) is 28.0. The van der Waals surface area contributed by atoms with E-state index in [2.05, 4.69) is 38.4 Å². The van der Waals surface area contributed by atoms with Crippen molar-refractivity contribution in [3.05, 3.63) is 102 Å². The lowest BCUT2D eigenvalue weighted by Gasteiger charge is -2.42. The quantitative estimate of drug-likeness (QED) is 0.194. The van der Waals surface area contributed by atoms with Crippen molar-refractivity contribution in [1.82, 2.24) is 24.8 Å². The van der Waals surface area contributed by atoms with Crippen LogP contribution in [0.3, 0.4) is 0 Å². The summed E-state index contributed by atoms with van der Waals surface area (Å²) in [5.74, 6) is 1.56. The van der Waals surface area contributed by atoms with Gasteiger partial charge in [-0.2, -0.15) is 0 Å². The molecule has 2 fully saturated rings. The normalized spacial score (nSPS) is 16.0. The Bertz CT molecular complexity index is 1940. The maximum Gasteiger partial charge on any atom is 0.405 e. The van der Waals surface area contributed by atoms with Crippen molar-refractivity contribution in [2.75, 3.05) is 18.4 Å². The molecule has 0 unspecified atom stereocenters. The molecule has 0 spiro atoms. The van der Waals surface area contributed by atoms with Gasteiger partial charge in [-0.05, 0) is 74.1 Å². The second-order valence-corrected chi connectivity index (χ2v) is 12.0. The summed E-state index contributed by atoms with van der Waals surface area (Å²) in [5.41, 5.74) is 7.29. The third-order valence-electron chi connectivity index (χ3n) is 9.39. The Morgan fingerprint density at radius 3 is 2.29 bits per heavy atom. The van der Waals surface area contributed by atoms with Gasteiger partial charge in [0.15, 0.2) is 5.82 Å². The van der Waals surface area contributed by atoms with Crippen LogP contribution in [0.4, 0.5) is 16.3 Å². The van der Waals surface area contributed by atoms with Crippen molar-refractivity contribution in [1.29, 1.82) is 0 Å². The molecule has 0 radical (unpaired) electrons. The molecule has 1 saturated heterocycles. The number of nitrogens with zero attached hydrogens (tertiary/aromatic N) is 4. The first kappa shape index (κ1) is 27.1. The van der Waals surface area contributed by atoms with Crippen molar-refractivity contribution in [3.8, 4) is 39.6 Å². The summed E-state index contributed by atoms with van der Waals surface area (Å²) < 4.78 is 2.16. The number of likely N-dealkylation sites (tertiary alicyclic amines) is 1. The molecular formula is C36H32N6O3. The van der Waals surface area contributed by atoms with Gasteiger partial charge in [0, 0.05) is 41.5 Å². The van der Waals surface area contributed by atoms with Crippen molar-refractivity contribution in [2.45, 2.75) is 37.6 Å². The summed E-state index contributed by atoms with van der Waals surface area (Å²) >= 11 is 0. The van der Waals surface area contributed by atoms with Gasteiger partial charge >= 0.3 is 6.09 Å². The van der Waals surface area contributed by atoms with Crippen molar-refractivity contribution in [3.63, 3.8) is 0 Å². The third kappa shape index (κ3) is 4.54. The predicted molar refractivity (Wildman–Crippen MR) is 173 cm³/mol. The highest BCUT2D eigenvalue weighted by Gasteiger charge is 2.40. The molecular weight excluding hydrogens is 564 g/mol. The number of hydrogen-bond acceptors (Lipinski definition) is 5. The standard InChI is InChI=1S/C36H32N6O3/c43-34(41-21-3-4-22-41)25-12-10-23(11-13-25)30-31(24-14-16-26(17-15-24)36(18-6-19-36)40-35(44)45)42-29-9-5-20-37-32(29)38-28-8-2-1-7-27(28)33(42)39-30/h1-2,5,7-17,20,40H,3-4,6,18-19,21-22H2,(H,37,38)(H,44,45). The third-order valence-corrected chi connectivity index (χ3v) is 9.39. The lowest BCUT2D eigenvalue weighted by molar-refractivity contribution is 0.0792. The topological polar surface area (TPSA) is 112 Å². The number of carbonyl (C=O) groups is 2. The molecule has 0 bridgehead atoms. The SMILES string of the molecule is O=C(O)NC1(c2ccc(-c3c(-c4ccc(C(=O)N5CCCC5)cc4)nc4n3-c3cccnc3Nc3ccccc3-4)cc2)CCC1. The van der Waals surface area contributed by atoms with Gasteiger partial charge in [-0.1, -0.05) is 48.5 Å². The van der Waals surface area contributed by atoms with E-state index in [0.717, 1.165) is 102 Å². The van der Waals surface area contributed by atoms with E-state index >= 15 is 0 Å². The van der Waals surface area contributed by atoms with Gasteiger partial charge in [-0.25, -0.2) is 14.8 Å². The van der Waals surface area contributed by atoms with Gasteiger partial charge in [0.2, 0.25) is 0 Å². The molecule has 3 aliphatic rings. The van der Waals surface area contributed by atoms with E-state index in [1.54, 1.807) is 6.20 Å². The Morgan fingerprint density at radius 1 is 0.844 bits per heavy atom. The monoisotopic (exact) mass is 596 g/mol. The zero-order valence-electron chi connectivity index (χ0n) is 24.7. The fraction of sp³-hybridized carbons (Fsp3) is 0.222. The molecule has 0 atom stereocenters. The minimum absolute atomic E-state index is 0.0652.